The summed E-state index contributed by atoms with van der Waals surface area (Å²) in [4.78, 5) is 0.292. The molecule has 0 spiro atoms. The highest BCUT2D eigenvalue weighted by Gasteiger charge is 2.35. The number of hydrogen-bond acceptors (Lipinski definition) is 4. The highest BCUT2D eigenvalue weighted by molar-refractivity contribution is 7.89. The van der Waals surface area contributed by atoms with Crippen molar-refractivity contribution in [1.82, 2.24) is 4.72 Å². The second kappa shape index (κ2) is 5.81. The summed E-state index contributed by atoms with van der Waals surface area (Å²) in [5.41, 5.74) is 7.24. The Hall–Kier alpha value is -0.950. The monoisotopic (exact) mass is 298 g/mol. The normalized spacial score (nSPS) is 18.9. The molecule has 1 aliphatic rings. The molecule has 1 aliphatic heterocycles. The van der Waals surface area contributed by atoms with Gasteiger partial charge in [0.15, 0.2) is 0 Å². The van der Waals surface area contributed by atoms with Crippen LogP contribution in [-0.2, 0) is 14.8 Å². The van der Waals surface area contributed by atoms with E-state index in [1.807, 2.05) is 19.9 Å². The van der Waals surface area contributed by atoms with Crippen molar-refractivity contribution in [3.63, 3.8) is 0 Å². The number of hydrogen-bond donors (Lipinski definition) is 2. The van der Waals surface area contributed by atoms with Crippen LogP contribution >= 0.6 is 0 Å². The molecule has 0 aliphatic carbocycles. The Labute approximate surface area is 120 Å². The molecule has 0 bridgehead atoms. The molecule has 1 fully saturated rings. The molecule has 0 aromatic heterocycles. The van der Waals surface area contributed by atoms with Gasteiger partial charge in [-0.2, -0.15) is 0 Å². The van der Waals surface area contributed by atoms with Crippen LogP contribution in [0, 0.1) is 13.8 Å². The standard InChI is InChI=1S/C14H22N2O3S/c1-11-3-4-13(9-12(11)2)20(17,18)16-14(10-15)5-7-19-8-6-14/h3-4,9,16H,5-8,10,15H2,1-2H3. The first kappa shape index (κ1) is 15.4. The van der Waals surface area contributed by atoms with Crippen molar-refractivity contribution >= 4 is 10.0 Å². The fourth-order valence-corrected chi connectivity index (χ4v) is 3.89. The zero-order chi connectivity index (χ0) is 14.8. The lowest BCUT2D eigenvalue weighted by atomic mass is 9.92. The van der Waals surface area contributed by atoms with Gasteiger partial charge in [0, 0.05) is 25.3 Å². The fourth-order valence-electron chi connectivity index (χ4n) is 2.34. The van der Waals surface area contributed by atoms with E-state index in [0.29, 0.717) is 31.0 Å². The highest BCUT2D eigenvalue weighted by atomic mass is 32.2. The van der Waals surface area contributed by atoms with E-state index in [1.54, 1.807) is 12.1 Å². The lowest BCUT2D eigenvalue weighted by molar-refractivity contribution is 0.0502. The number of rotatable bonds is 4. The minimum absolute atomic E-state index is 0.278. The van der Waals surface area contributed by atoms with Crippen LogP contribution in [-0.4, -0.2) is 33.7 Å². The molecule has 0 saturated carbocycles. The molecule has 1 aromatic rings. The molecule has 5 nitrogen and oxygen atoms in total. The molecule has 1 saturated heterocycles. The Bertz CT molecular complexity index is 578. The van der Waals surface area contributed by atoms with Crippen molar-refractivity contribution in [2.75, 3.05) is 19.8 Å². The quantitative estimate of drug-likeness (QED) is 0.872. The molecule has 0 amide bonds. The van der Waals surface area contributed by atoms with Gasteiger partial charge in [-0.15, -0.1) is 0 Å². The SMILES string of the molecule is Cc1ccc(S(=O)(=O)NC2(CN)CCOCC2)cc1C. The lowest BCUT2D eigenvalue weighted by Gasteiger charge is -2.36. The van der Waals surface area contributed by atoms with Crippen LogP contribution in [0.4, 0.5) is 0 Å². The van der Waals surface area contributed by atoms with Crippen molar-refractivity contribution in [1.29, 1.82) is 0 Å². The van der Waals surface area contributed by atoms with Gasteiger partial charge in [-0.3, -0.25) is 0 Å². The molecular formula is C14H22N2O3S. The molecule has 1 heterocycles. The van der Waals surface area contributed by atoms with E-state index in [4.69, 9.17) is 10.5 Å². The number of ether oxygens (including phenoxy) is 1. The number of sulfonamides is 1. The van der Waals surface area contributed by atoms with Gasteiger partial charge in [-0.25, -0.2) is 13.1 Å². The van der Waals surface area contributed by atoms with E-state index < -0.39 is 15.6 Å². The molecular weight excluding hydrogens is 276 g/mol. The summed E-state index contributed by atoms with van der Waals surface area (Å²) >= 11 is 0. The van der Waals surface area contributed by atoms with Crippen LogP contribution in [0.15, 0.2) is 23.1 Å². The van der Waals surface area contributed by atoms with Crippen LogP contribution < -0.4 is 10.5 Å². The fraction of sp³-hybridized carbons (Fsp3) is 0.571. The zero-order valence-corrected chi connectivity index (χ0v) is 12.8. The van der Waals surface area contributed by atoms with Gasteiger partial charge in [0.05, 0.1) is 4.90 Å². The maximum atomic E-state index is 12.5. The second-order valence-corrected chi connectivity index (χ2v) is 7.13. The van der Waals surface area contributed by atoms with Gasteiger partial charge < -0.3 is 10.5 Å². The third-order valence-electron chi connectivity index (χ3n) is 3.98. The maximum Gasteiger partial charge on any atom is 0.241 e. The Kier molecular flexibility index (Phi) is 4.49. The summed E-state index contributed by atoms with van der Waals surface area (Å²) in [6, 6.07) is 5.15. The summed E-state index contributed by atoms with van der Waals surface area (Å²) < 4.78 is 33.1. The van der Waals surface area contributed by atoms with Gasteiger partial charge in [0.2, 0.25) is 10.0 Å². The summed E-state index contributed by atoms with van der Waals surface area (Å²) in [5, 5.41) is 0. The van der Waals surface area contributed by atoms with Crippen LogP contribution in [0.5, 0.6) is 0 Å². The minimum Gasteiger partial charge on any atom is -0.381 e. The Morgan fingerprint density at radius 3 is 2.45 bits per heavy atom. The minimum atomic E-state index is -3.56. The van der Waals surface area contributed by atoms with E-state index in [9.17, 15) is 8.42 Å². The first-order valence-electron chi connectivity index (χ1n) is 6.78. The zero-order valence-electron chi connectivity index (χ0n) is 12.0. The van der Waals surface area contributed by atoms with Gasteiger partial charge in [-0.05, 0) is 49.9 Å². The molecule has 20 heavy (non-hydrogen) atoms. The van der Waals surface area contributed by atoms with E-state index in [-0.39, 0.29) is 6.54 Å². The predicted octanol–water partition coefficient (Wildman–Crippen LogP) is 1.09. The van der Waals surface area contributed by atoms with Crippen LogP contribution in [0.25, 0.3) is 0 Å². The largest absolute Gasteiger partial charge is 0.381 e. The van der Waals surface area contributed by atoms with Gasteiger partial charge in [0.25, 0.3) is 0 Å². The van der Waals surface area contributed by atoms with Crippen molar-refractivity contribution in [3.05, 3.63) is 29.3 Å². The smallest absolute Gasteiger partial charge is 0.241 e. The number of benzene rings is 1. The van der Waals surface area contributed by atoms with Crippen LogP contribution in [0.1, 0.15) is 24.0 Å². The number of nitrogens with one attached hydrogen (secondary N) is 1. The average molecular weight is 298 g/mol. The van der Waals surface area contributed by atoms with Gasteiger partial charge in [-0.1, -0.05) is 6.07 Å². The van der Waals surface area contributed by atoms with E-state index >= 15 is 0 Å². The first-order valence-corrected chi connectivity index (χ1v) is 8.26. The Morgan fingerprint density at radius 2 is 1.90 bits per heavy atom. The topological polar surface area (TPSA) is 81.4 Å². The van der Waals surface area contributed by atoms with Gasteiger partial charge in [0.1, 0.15) is 0 Å². The molecule has 0 unspecified atom stereocenters. The first-order chi connectivity index (χ1) is 9.38. The van der Waals surface area contributed by atoms with Crippen molar-refractivity contribution in [2.24, 2.45) is 5.73 Å². The summed E-state index contributed by atoms with van der Waals surface area (Å²) in [5.74, 6) is 0. The lowest BCUT2D eigenvalue weighted by Crippen LogP contribution is -2.56. The van der Waals surface area contributed by atoms with E-state index in [1.165, 1.54) is 0 Å². The summed E-state index contributed by atoms with van der Waals surface area (Å²) in [7, 11) is -3.56. The summed E-state index contributed by atoms with van der Waals surface area (Å²) in [6.45, 7) is 5.21. The molecule has 1 aromatic carbocycles. The number of aryl methyl sites for hydroxylation is 2. The molecule has 0 atom stereocenters. The van der Waals surface area contributed by atoms with Crippen LogP contribution in [0.2, 0.25) is 0 Å². The summed E-state index contributed by atoms with van der Waals surface area (Å²) in [6.07, 6.45) is 1.21. The van der Waals surface area contributed by atoms with Gasteiger partial charge >= 0.3 is 0 Å². The Morgan fingerprint density at radius 1 is 1.25 bits per heavy atom. The van der Waals surface area contributed by atoms with E-state index in [2.05, 4.69) is 4.72 Å². The average Bonchev–Trinajstić information content (AvgIpc) is 2.42. The predicted molar refractivity (Wildman–Crippen MR) is 78.1 cm³/mol. The second-order valence-electron chi connectivity index (χ2n) is 5.45. The Balaban J connectivity index is 2.27. The number of nitrogens with two attached hydrogens (primary N) is 1. The molecule has 0 radical (unpaired) electrons. The molecule has 6 heteroatoms. The van der Waals surface area contributed by atoms with Crippen molar-refractivity contribution in [3.8, 4) is 0 Å². The molecule has 112 valence electrons. The molecule has 3 N–H and O–H groups in total. The maximum absolute atomic E-state index is 12.5. The van der Waals surface area contributed by atoms with Crippen molar-refractivity contribution < 1.29 is 13.2 Å². The third kappa shape index (κ3) is 3.20. The van der Waals surface area contributed by atoms with Crippen LogP contribution in [0.3, 0.4) is 0 Å². The van der Waals surface area contributed by atoms with E-state index in [0.717, 1.165) is 11.1 Å². The van der Waals surface area contributed by atoms with Crippen molar-refractivity contribution in [2.45, 2.75) is 37.1 Å². The highest BCUT2D eigenvalue weighted by Crippen LogP contribution is 2.23. The molecule has 2 rings (SSSR count). The third-order valence-corrected chi connectivity index (χ3v) is 5.56.